The van der Waals surface area contributed by atoms with Crippen LogP contribution >= 0.6 is 0 Å². The van der Waals surface area contributed by atoms with E-state index in [1.807, 2.05) is 29.3 Å². The Balaban J connectivity index is 1.83. The Labute approximate surface area is 147 Å². The van der Waals surface area contributed by atoms with Crippen LogP contribution in [-0.2, 0) is 11.3 Å². The molecule has 1 aromatic heterocycles. The highest BCUT2D eigenvalue weighted by Crippen LogP contribution is 2.27. The quantitative estimate of drug-likeness (QED) is 0.875. The van der Waals surface area contributed by atoms with Gasteiger partial charge in [0.15, 0.2) is 0 Å². The van der Waals surface area contributed by atoms with Crippen LogP contribution in [0, 0.1) is 0 Å². The van der Waals surface area contributed by atoms with Gasteiger partial charge in [0.2, 0.25) is 5.91 Å². The minimum absolute atomic E-state index is 0.0523. The lowest BCUT2D eigenvalue weighted by Gasteiger charge is -2.41. The summed E-state index contributed by atoms with van der Waals surface area (Å²) in [6, 6.07) is 7.43. The van der Waals surface area contributed by atoms with Gasteiger partial charge in [0.05, 0.1) is 12.4 Å². The molecule has 2 heterocycles. The summed E-state index contributed by atoms with van der Waals surface area (Å²) in [5.41, 5.74) is 2.63. The van der Waals surface area contributed by atoms with E-state index in [0.29, 0.717) is 12.1 Å². The van der Waals surface area contributed by atoms with E-state index in [9.17, 15) is 9.59 Å². The van der Waals surface area contributed by atoms with Gasteiger partial charge in [-0.15, -0.1) is 0 Å². The standard InChI is InChI=1S/C18H23N5O2/c1-13(24)23-7-6-22(10-16-9-20-12-21-16)11-17(23)14-4-3-5-15(8-14)18(25)19-2/h3-5,8-9,12,17H,6-7,10-11H2,1-2H3,(H,19,25)(H,20,21). The van der Waals surface area contributed by atoms with Gasteiger partial charge in [-0.2, -0.15) is 0 Å². The number of benzene rings is 1. The van der Waals surface area contributed by atoms with Crippen molar-refractivity contribution in [2.45, 2.75) is 19.5 Å². The first-order valence-electron chi connectivity index (χ1n) is 8.37. The number of carbonyl (C=O) groups is 2. The molecule has 1 unspecified atom stereocenters. The Bertz CT molecular complexity index is 744. The summed E-state index contributed by atoms with van der Waals surface area (Å²) in [6.45, 7) is 4.55. The maximum atomic E-state index is 12.1. The third kappa shape index (κ3) is 3.88. The summed E-state index contributed by atoms with van der Waals surface area (Å²) in [4.78, 5) is 35.4. The second kappa shape index (κ2) is 7.48. The number of nitrogens with zero attached hydrogens (tertiary/aromatic N) is 3. The molecule has 1 saturated heterocycles. The molecular formula is C18H23N5O2. The van der Waals surface area contributed by atoms with Gasteiger partial charge in [-0.1, -0.05) is 12.1 Å². The predicted molar refractivity (Wildman–Crippen MR) is 93.8 cm³/mol. The Kier molecular flexibility index (Phi) is 5.14. The van der Waals surface area contributed by atoms with E-state index < -0.39 is 0 Å². The fourth-order valence-electron chi connectivity index (χ4n) is 3.29. The van der Waals surface area contributed by atoms with Gasteiger partial charge in [0.1, 0.15) is 0 Å². The number of piperazine rings is 1. The normalized spacial score (nSPS) is 18.2. The van der Waals surface area contributed by atoms with Crippen LogP contribution < -0.4 is 5.32 Å². The Hall–Kier alpha value is -2.67. The summed E-state index contributed by atoms with van der Waals surface area (Å²) >= 11 is 0. The minimum Gasteiger partial charge on any atom is -0.355 e. The molecule has 25 heavy (non-hydrogen) atoms. The smallest absolute Gasteiger partial charge is 0.251 e. The number of amides is 2. The number of hydrogen-bond acceptors (Lipinski definition) is 4. The molecule has 0 aliphatic carbocycles. The number of nitrogens with one attached hydrogen (secondary N) is 2. The fourth-order valence-corrected chi connectivity index (χ4v) is 3.29. The van der Waals surface area contributed by atoms with Crippen molar-refractivity contribution in [3.05, 3.63) is 53.6 Å². The summed E-state index contributed by atoms with van der Waals surface area (Å²) in [5, 5.41) is 2.64. The molecule has 2 aromatic rings. The highest BCUT2D eigenvalue weighted by molar-refractivity contribution is 5.94. The topological polar surface area (TPSA) is 81.3 Å². The lowest BCUT2D eigenvalue weighted by atomic mass is 9.99. The van der Waals surface area contributed by atoms with Crippen LogP contribution in [0.1, 0.15) is 34.6 Å². The van der Waals surface area contributed by atoms with Crippen LogP contribution in [0.2, 0.25) is 0 Å². The molecule has 0 spiro atoms. The van der Waals surface area contributed by atoms with Crippen LogP contribution in [0.3, 0.4) is 0 Å². The fraction of sp³-hybridized carbons (Fsp3) is 0.389. The number of hydrogen-bond donors (Lipinski definition) is 2. The zero-order valence-corrected chi connectivity index (χ0v) is 14.5. The molecule has 0 saturated carbocycles. The van der Waals surface area contributed by atoms with Crippen molar-refractivity contribution in [2.24, 2.45) is 0 Å². The van der Waals surface area contributed by atoms with E-state index in [-0.39, 0.29) is 17.9 Å². The average molecular weight is 341 g/mol. The van der Waals surface area contributed by atoms with E-state index >= 15 is 0 Å². The summed E-state index contributed by atoms with van der Waals surface area (Å²) in [5.74, 6) is -0.0714. The molecule has 0 radical (unpaired) electrons. The molecule has 2 amide bonds. The number of H-pyrrole nitrogens is 1. The average Bonchev–Trinajstić information content (AvgIpc) is 3.14. The maximum Gasteiger partial charge on any atom is 0.251 e. The predicted octanol–water partition coefficient (Wildman–Crippen LogP) is 1.17. The third-order valence-electron chi connectivity index (χ3n) is 4.58. The van der Waals surface area contributed by atoms with Crippen molar-refractivity contribution in [3.8, 4) is 0 Å². The number of aromatic nitrogens is 2. The zero-order chi connectivity index (χ0) is 17.8. The number of rotatable bonds is 4. The molecule has 132 valence electrons. The van der Waals surface area contributed by atoms with Crippen LogP contribution in [0.25, 0.3) is 0 Å². The van der Waals surface area contributed by atoms with Crippen molar-refractivity contribution >= 4 is 11.8 Å². The van der Waals surface area contributed by atoms with Crippen molar-refractivity contribution < 1.29 is 9.59 Å². The minimum atomic E-state index is -0.124. The van der Waals surface area contributed by atoms with Crippen molar-refractivity contribution in [1.82, 2.24) is 25.1 Å². The molecule has 1 fully saturated rings. The SMILES string of the molecule is CNC(=O)c1cccc(C2CN(Cc3cnc[nH]3)CCN2C(C)=O)c1. The highest BCUT2D eigenvalue weighted by atomic mass is 16.2. The molecule has 0 bridgehead atoms. The van der Waals surface area contributed by atoms with Gasteiger partial charge in [-0.3, -0.25) is 14.5 Å². The second-order valence-electron chi connectivity index (χ2n) is 6.24. The molecule has 3 rings (SSSR count). The third-order valence-corrected chi connectivity index (χ3v) is 4.58. The van der Waals surface area contributed by atoms with Crippen LogP contribution in [0.15, 0.2) is 36.8 Å². The van der Waals surface area contributed by atoms with Gasteiger partial charge < -0.3 is 15.2 Å². The molecule has 1 atom stereocenters. The molecular weight excluding hydrogens is 318 g/mol. The van der Waals surface area contributed by atoms with E-state index in [1.165, 1.54) is 0 Å². The molecule has 1 aliphatic rings. The van der Waals surface area contributed by atoms with E-state index in [4.69, 9.17) is 0 Å². The lowest BCUT2D eigenvalue weighted by molar-refractivity contribution is -0.134. The summed E-state index contributed by atoms with van der Waals surface area (Å²) in [6.07, 6.45) is 3.49. The molecule has 7 heteroatoms. The molecule has 7 nitrogen and oxygen atoms in total. The van der Waals surface area contributed by atoms with Gasteiger partial charge in [-0.25, -0.2) is 4.98 Å². The molecule has 1 aromatic carbocycles. The Morgan fingerprint density at radius 1 is 1.36 bits per heavy atom. The largest absolute Gasteiger partial charge is 0.355 e. The van der Waals surface area contributed by atoms with Crippen LogP contribution in [-0.4, -0.2) is 58.3 Å². The number of imidazole rings is 1. The van der Waals surface area contributed by atoms with Gasteiger partial charge in [0.25, 0.3) is 5.91 Å². The zero-order valence-electron chi connectivity index (χ0n) is 14.5. The highest BCUT2D eigenvalue weighted by Gasteiger charge is 2.30. The molecule has 1 aliphatic heterocycles. The van der Waals surface area contributed by atoms with Crippen LogP contribution in [0.5, 0.6) is 0 Å². The van der Waals surface area contributed by atoms with Crippen molar-refractivity contribution in [1.29, 1.82) is 0 Å². The van der Waals surface area contributed by atoms with Gasteiger partial charge in [0, 0.05) is 57.6 Å². The van der Waals surface area contributed by atoms with Crippen LogP contribution in [0.4, 0.5) is 0 Å². The number of aromatic amines is 1. The lowest BCUT2D eigenvalue weighted by Crippen LogP contribution is -2.49. The van der Waals surface area contributed by atoms with Crippen molar-refractivity contribution in [3.63, 3.8) is 0 Å². The summed E-state index contributed by atoms with van der Waals surface area (Å²) < 4.78 is 0. The van der Waals surface area contributed by atoms with Gasteiger partial charge in [-0.05, 0) is 17.7 Å². The first-order valence-corrected chi connectivity index (χ1v) is 8.37. The first kappa shape index (κ1) is 17.2. The van der Waals surface area contributed by atoms with E-state index in [1.54, 1.807) is 26.4 Å². The van der Waals surface area contributed by atoms with E-state index in [0.717, 1.165) is 30.9 Å². The summed E-state index contributed by atoms with van der Waals surface area (Å²) in [7, 11) is 1.61. The Morgan fingerprint density at radius 3 is 2.88 bits per heavy atom. The van der Waals surface area contributed by atoms with E-state index in [2.05, 4.69) is 20.2 Å². The maximum absolute atomic E-state index is 12.1. The second-order valence-corrected chi connectivity index (χ2v) is 6.24. The molecule has 2 N–H and O–H groups in total. The monoisotopic (exact) mass is 341 g/mol. The van der Waals surface area contributed by atoms with Gasteiger partial charge >= 0.3 is 0 Å². The first-order chi connectivity index (χ1) is 12.1. The number of carbonyl (C=O) groups excluding carboxylic acids is 2. The van der Waals surface area contributed by atoms with Crippen molar-refractivity contribution in [2.75, 3.05) is 26.7 Å². The Morgan fingerprint density at radius 2 is 2.20 bits per heavy atom.